The first-order chi connectivity index (χ1) is 11.1. The highest BCUT2D eigenvalue weighted by Crippen LogP contribution is 2.38. The summed E-state index contributed by atoms with van der Waals surface area (Å²) in [5, 5.41) is 8.91. The van der Waals surface area contributed by atoms with Crippen molar-refractivity contribution in [2.45, 2.75) is 19.4 Å². The molecular weight excluding hydrogens is 290 g/mol. The van der Waals surface area contributed by atoms with Crippen molar-refractivity contribution < 1.29 is 14.7 Å². The van der Waals surface area contributed by atoms with Crippen LogP contribution in [0.15, 0.2) is 54.6 Å². The second kappa shape index (κ2) is 6.24. The molecule has 1 saturated heterocycles. The minimum absolute atomic E-state index is 0.0834. The largest absolute Gasteiger partial charge is 0.478 e. The number of hydrogen-bond donors (Lipinski definition) is 1. The van der Waals surface area contributed by atoms with E-state index in [4.69, 9.17) is 5.11 Å². The Morgan fingerprint density at radius 1 is 1.09 bits per heavy atom. The number of carboxylic acid groups (broad SMARTS) is 1. The first kappa shape index (κ1) is 15.3. The summed E-state index contributed by atoms with van der Waals surface area (Å²) >= 11 is 0. The predicted molar refractivity (Wildman–Crippen MR) is 87.2 cm³/mol. The Hall–Kier alpha value is -2.62. The van der Waals surface area contributed by atoms with Crippen LogP contribution in [0.2, 0.25) is 0 Å². The number of likely N-dealkylation sites (tertiary alicyclic amines) is 1. The van der Waals surface area contributed by atoms with Gasteiger partial charge in [-0.05, 0) is 29.2 Å². The first-order valence-electron chi connectivity index (χ1n) is 7.73. The topological polar surface area (TPSA) is 57.6 Å². The highest BCUT2D eigenvalue weighted by Gasteiger charge is 2.39. The normalized spacial score (nSPS) is 20.0. The van der Waals surface area contributed by atoms with Gasteiger partial charge in [-0.2, -0.15) is 0 Å². The quantitative estimate of drug-likeness (QED) is 0.944. The summed E-state index contributed by atoms with van der Waals surface area (Å²) in [6.07, 6.45) is 0.302. The smallest absolute Gasteiger partial charge is 0.335 e. The lowest BCUT2D eigenvalue weighted by Gasteiger charge is -2.47. The molecule has 1 heterocycles. The molecule has 1 aliphatic heterocycles. The lowest BCUT2D eigenvalue weighted by atomic mass is 9.84. The van der Waals surface area contributed by atoms with Gasteiger partial charge < -0.3 is 10.0 Å². The van der Waals surface area contributed by atoms with Crippen LogP contribution in [0, 0.1) is 5.92 Å². The van der Waals surface area contributed by atoms with Crippen molar-refractivity contribution in [2.75, 3.05) is 6.54 Å². The van der Waals surface area contributed by atoms with Gasteiger partial charge in [0.1, 0.15) is 0 Å². The second-order valence-corrected chi connectivity index (χ2v) is 6.06. The first-order valence-corrected chi connectivity index (χ1v) is 7.73. The van der Waals surface area contributed by atoms with Crippen LogP contribution in [0.5, 0.6) is 0 Å². The number of hydrogen-bond acceptors (Lipinski definition) is 2. The van der Waals surface area contributed by atoms with Crippen molar-refractivity contribution in [3.8, 4) is 0 Å². The fraction of sp³-hybridized carbons (Fsp3) is 0.263. The number of carbonyl (C=O) groups is 2. The Balaban J connectivity index is 1.69. The van der Waals surface area contributed by atoms with Gasteiger partial charge in [0, 0.05) is 6.54 Å². The number of carboxylic acids is 1. The highest BCUT2D eigenvalue weighted by atomic mass is 16.4. The van der Waals surface area contributed by atoms with Gasteiger partial charge in [0.25, 0.3) is 0 Å². The van der Waals surface area contributed by atoms with Gasteiger partial charge in [-0.3, -0.25) is 4.79 Å². The van der Waals surface area contributed by atoms with E-state index >= 15 is 0 Å². The molecule has 0 aliphatic carbocycles. The molecule has 0 radical (unpaired) electrons. The summed E-state index contributed by atoms with van der Waals surface area (Å²) in [5.74, 6) is -0.417. The van der Waals surface area contributed by atoms with Gasteiger partial charge in [0.2, 0.25) is 5.91 Å². The summed E-state index contributed by atoms with van der Waals surface area (Å²) in [6.45, 7) is 2.93. The minimum atomic E-state index is -0.955. The molecule has 1 N–H and O–H groups in total. The van der Waals surface area contributed by atoms with E-state index in [-0.39, 0.29) is 17.5 Å². The third-order valence-corrected chi connectivity index (χ3v) is 4.38. The van der Waals surface area contributed by atoms with E-state index in [1.54, 1.807) is 24.3 Å². The Labute approximate surface area is 135 Å². The molecule has 118 valence electrons. The average Bonchev–Trinajstić information content (AvgIpc) is 2.54. The number of amides is 1. The second-order valence-electron chi connectivity index (χ2n) is 6.06. The molecule has 0 spiro atoms. The van der Waals surface area contributed by atoms with Gasteiger partial charge in [-0.25, -0.2) is 4.79 Å². The predicted octanol–water partition coefficient (Wildman–Crippen LogP) is 3.15. The fourth-order valence-corrected chi connectivity index (χ4v) is 3.15. The van der Waals surface area contributed by atoms with E-state index in [1.807, 2.05) is 23.1 Å². The zero-order valence-electron chi connectivity index (χ0n) is 13.0. The Bertz CT molecular complexity index is 709. The molecule has 2 atom stereocenters. The molecule has 4 nitrogen and oxygen atoms in total. The lowest BCUT2D eigenvalue weighted by Crippen LogP contribution is -2.51. The van der Waals surface area contributed by atoms with E-state index in [0.29, 0.717) is 12.3 Å². The molecule has 2 aromatic rings. The number of rotatable bonds is 4. The Morgan fingerprint density at radius 3 is 2.30 bits per heavy atom. The average molecular weight is 309 g/mol. The fourth-order valence-electron chi connectivity index (χ4n) is 3.15. The van der Waals surface area contributed by atoms with Crippen LogP contribution >= 0.6 is 0 Å². The highest BCUT2D eigenvalue weighted by molar-refractivity contribution is 5.88. The zero-order valence-corrected chi connectivity index (χ0v) is 13.0. The van der Waals surface area contributed by atoms with Crippen LogP contribution in [-0.4, -0.2) is 28.4 Å². The lowest BCUT2D eigenvalue weighted by molar-refractivity contribution is -0.142. The van der Waals surface area contributed by atoms with E-state index in [9.17, 15) is 9.59 Å². The summed E-state index contributed by atoms with van der Waals surface area (Å²) in [4.78, 5) is 25.3. The van der Waals surface area contributed by atoms with Crippen molar-refractivity contribution >= 4 is 11.9 Å². The van der Waals surface area contributed by atoms with Crippen molar-refractivity contribution in [3.63, 3.8) is 0 Å². The summed E-state index contributed by atoms with van der Waals surface area (Å²) < 4.78 is 0. The van der Waals surface area contributed by atoms with Crippen LogP contribution in [0.25, 0.3) is 0 Å². The van der Waals surface area contributed by atoms with Gasteiger partial charge in [-0.1, -0.05) is 49.4 Å². The SMILES string of the molecule is CC1CN(C(=O)Cc2ccc(C(=O)O)cc2)C1c1ccccc1. The summed E-state index contributed by atoms with van der Waals surface area (Å²) in [6, 6.07) is 16.7. The molecule has 1 aliphatic rings. The molecule has 0 bridgehead atoms. The standard InChI is InChI=1S/C19H19NO3/c1-13-12-20(18(13)15-5-3-2-4-6-15)17(21)11-14-7-9-16(10-8-14)19(22)23/h2-10,13,18H,11-12H2,1H3,(H,22,23). The van der Waals surface area contributed by atoms with Crippen LogP contribution in [-0.2, 0) is 11.2 Å². The summed E-state index contributed by atoms with van der Waals surface area (Å²) in [5.41, 5.74) is 2.24. The number of carbonyl (C=O) groups excluding carboxylic acids is 1. The van der Waals surface area contributed by atoms with E-state index in [2.05, 4.69) is 19.1 Å². The molecule has 1 fully saturated rings. The van der Waals surface area contributed by atoms with Crippen LogP contribution in [0.3, 0.4) is 0 Å². The van der Waals surface area contributed by atoms with Crippen molar-refractivity contribution in [1.29, 1.82) is 0 Å². The number of aromatic carboxylic acids is 1. The third kappa shape index (κ3) is 3.11. The van der Waals surface area contributed by atoms with Gasteiger partial charge in [0.15, 0.2) is 0 Å². The molecule has 2 aromatic carbocycles. The van der Waals surface area contributed by atoms with Crippen molar-refractivity contribution in [3.05, 3.63) is 71.3 Å². The maximum absolute atomic E-state index is 12.6. The Kier molecular flexibility index (Phi) is 4.15. The van der Waals surface area contributed by atoms with Gasteiger partial charge >= 0.3 is 5.97 Å². The number of benzene rings is 2. The monoisotopic (exact) mass is 309 g/mol. The summed E-state index contributed by atoms with van der Waals surface area (Å²) in [7, 11) is 0. The van der Waals surface area contributed by atoms with Crippen molar-refractivity contribution in [2.24, 2.45) is 5.92 Å². The van der Waals surface area contributed by atoms with Gasteiger partial charge in [0.05, 0.1) is 18.0 Å². The van der Waals surface area contributed by atoms with E-state index in [0.717, 1.165) is 12.1 Å². The maximum Gasteiger partial charge on any atom is 0.335 e. The zero-order chi connectivity index (χ0) is 16.4. The molecule has 1 amide bonds. The molecular formula is C19H19NO3. The molecule has 23 heavy (non-hydrogen) atoms. The minimum Gasteiger partial charge on any atom is -0.478 e. The van der Waals surface area contributed by atoms with Crippen LogP contribution < -0.4 is 0 Å². The molecule has 0 saturated carbocycles. The van der Waals surface area contributed by atoms with Crippen LogP contribution in [0.1, 0.15) is 34.5 Å². The third-order valence-electron chi connectivity index (χ3n) is 4.38. The molecule has 4 heteroatoms. The van der Waals surface area contributed by atoms with Crippen LogP contribution in [0.4, 0.5) is 0 Å². The van der Waals surface area contributed by atoms with E-state index in [1.165, 1.54) is 5.56 Å². The van der Waals surface area contributed by atoms with Gasteiger partial charge in [-0.15, -0.1) is 0 Å². The Morgan fingerprint density at radius 2 is 1.74 bits per heavy atom. The van der Waals surface area contributed by atoms with E-state index < -0.39 is 5.97 Å². The maximum atomic E-state index is 12.6. The molecule has 3 rings (SSSR count). The van der Waals surface area contributed by atoms with Crippen molar-refractivity contribution in [1.82, 2.24) is 4.90 Å². The molecule has 2 unspecified atom stereocenters. The number of nitrogens with zero attached hydrogens (tertiary/aromatic N) is 1. The molecule has 0 aromatic heterocycles.